The average molecular weight is 361 g/mol. The van der Waals surface area contributed by atoms with Gasteiger partial charge in [-0.2, -0.15) is 0 Å². The number of amides is 1. The number of aliphatic hydroxyl groups excluding tert-OH is 1. The van der Waals surface area contributed by atoms with E-state index in [0.29, 0.717) is 31.3 Å². The van der Waals surface area contributed by atoms with Crippen LogP contribution in [0.15, 0.2) is 24.3 Å². The Morgan fingerprint density at radius 2 is 1.85 bits per heavy atom. The van der Waals surface area contributed by atoms with Gasteiger partial charge in [-0.05, 0) is 55.2 Å². The van der Waals surface area contributed by atoms with Crippen LogP contribution in [0.3, 0.4) is 0 Å². The zero-order valence-corrected chi connectivity index (χ0v) is 15.4. The molecule has 2 atom stereocenters. The molecular weight excluding hydrogens is 333 g/mol. The first-order valence-electron chi connectivity index (χ1n) is 9.77. The van der Waals surface area contributed by atoms with Crippen LogP contribution in [0.25, 0.3) is 0 Å². The zero-order chi connectivity index (χ0) is 18.3. The summed E-state index contributed by atoms with van der Waals surface area (Å²) in [5, 5.41) is 9.56. The van der Waals surface area contributed by atoms with Crippen LogP contribution in [0.4, 0.5) is 4.39 Å². The molecule has 4 rings (SSSR count). The molecule has 4 nitrogen and oxygen atoms in total. The first kappa shape index (κ1) is 17.9. The molecule has 142 valence electrons. The van der Waals surface area contributed by atoms with Crippen molar-refractivity contribution in [3.63, 3.8) is 0 Å². The number of aliphatic hydroxyl groups is 1. The second-order valence-corrected chi connectivity index (χ2v) is 8.33. The van der Waals surface area contributed by atoms with Crippen LogP contribution in [-0.4, -0.2) is 48.3 Å². The predicted octanol–water partition coefficient (Wildman–Crippen LogP) is 2.88. The molecule has 0 spiro atoms. The molecule has 1 aromatic rings. The number of carbonyl (C=O) groups is 1. The lowest BCUT2D eigenvalue weighted by Gasteiger charge is -2.56. The maximum Gasteiger partial charge on any atom is 0.223 e. The lowest BCUT2D eigenvalue weighted by atomic mass is 9.50. The summed E-state index contributed by atoms with van der Waals surface area (Å²) in [4.78, 5) is 14.7. The van der Waals surface area contributed by atoms with Crippen molar-refractivity contribution in [2.24, 2.45) is 11.8 Å². The summed E-state index contributed by atoms with van der Waals surface area (Å²) in [5.41, 5.74) is 0.857. The third kappa shape index (κ3) is 2.95. The number of hydrogen-bond acceptors (Lipinski definition) is 3. The van der Waals surface area contributed by atoms with E-state index < -0.39 is 0 Å². The second kappa shape index (κ2) is 6.93. The SMILES string of the molecule is CO[C@H]1CC2CCCC(C1)[C@@]2(CC(=O)N1CC(O)C1)c1ccc(F)cc1. The molecule has 3 aliphatic rings. The highest BCUT2D eigenvalue weighted by molar-refractivity contribution is 5.79. The predicted molar refractivity (Wildman–Crippen MR) is 96.1 cm³/mol. The van der Waals surface area contributed by atoms with Gasteiger partial charge in [0.05, 0.1) is 12.2 Å². The van der Waals surface area contributed by atoms with Crippen LogP contribution in [0.1, 0.15) is 44.1 Å². The number of rotatable bonds is 4. The van der Waals surface area contributed by atoms with E-state index in [1.54, 1.807) is 12.0 Å². The van der Waals surface area contributed by atoms with Crippen LogP contribution in [0.2, 0.25) is 0 Å². The van der Waals surface area contributed by atoms with E-state index in [2.05, 4.69) is 0 Å². The van der Waals surface area contributed by atoms with Gasteiger partial charge in [-0.25, -0.2) is 4.39 Å². The Labute approximate surface area is 154 Å². The minimum atomic E-state index is -0.385. The molecule has 0 radical (unpaired) electrons. The normalized spacial score (nSPS) is 34.4. The quantitative estimate of drug-likeness (QED) is 0.897. The molecule has 1 heterocycles. The Morgan fingerprint density at radius 3 is 2.38 bits per heavy atom. The Balaban J connectivity index is 1.69. The first-order valence-corrected chi connectivity index (χ1v) is 9.77. The highest BCUT2D eigenvalue weighted by Crippen LogP contribution is 2.57. The number of likely N-dealkylation sites (tertiary alicyclic amines) is 1. The molecule has 2 aliphatic carbocycles. The molecule has 2 unspecified atom stereocenters. The Morgan fingerprint density at radius 1 is 1.23 bits per heavy atom. The molecular formula is C21H28FNO3. The van der Waals surface area contributed by atoms with Crippen LogP contribution in [0, 0.1) is 17.7 Å². The number of benzene rings is 1. The Hall–Kier alpha value is -1.46. The van der Waals surface area contributed by atoms with Crippen molar-refractivity contribution in [2.45, 2.75) is 56.1 Å². The van der Waals surface area contributed by atoms with Gasteiger partial charge in [0.15, 0.2) is 0 Å². The summed E-state index contributed by atoms with van der Waals surface area (Å²) in [6.45, 7) is 0.878. The molecule has 1 aliphatic heterocycles. The fraction of sp³-hybridized carbons (Fsp3) is 0.667. The van der Waals surface area contributed by atoms with E-state index >= 15 is 0 Å². The van der Waals surface area contributed by atoms with Crippen molar-refractivity contribution < 1.29 is 19.0 Å². The van der Waals surface area contributed by atoms with Crippen molar-refractivity contribution >= 4 is 5.91 Å². The van der Waals surface area contributed by atoms with Crippen molar-refractivity contribution in [3.8, 4) is 0 Å². The van der Waals surface area contributed by atoms with E-state index in [-0.39, 0.29) is 29.3 Å². The summed E-state index contributed by atoms with van der Waals surface area (Å²) in [5.74, 6) is 0.630. The zero-order valence-electron chi connectivity index (χ0n) is 15.4. The maximum absolute atomic E-state index is 13.6. The van der Waals surface area contributed by atoms with Crippen molar-refractivity contribution in [1.29, 1.82) is 0 Å². The standard InChI is InChI=1S/C21H28FNO3/c1-26-19-9-15-3-2-4-16(10-19)21(15,14-5-7-17(22)8-6-14)11-20(25)23-12-18(24)13-23/h5-8,15-16,18-19,24H,2-4,9-13H2,1H3/t15?,16?,19-,21-. The van der Waals surface area contributed by atoms with E-state index in [9.17, 15) is 14.3 Å². The van der Waals surface area contributed by atoms with Gasteiger partial charge in [0.25, 0.3) is 0 Å². The fourth-order valence-corrected chi connectivity index (χ4v) is 5.68. The highest BCUT2D eigenvalue weighted by Gasteiger charge is 2.54. The van der Waals surface area contributed by atoms with Gasteiger partial charge in [-0.1, -0.05) is 18.6 Å². The first-order chi connectivity index (χ1) is 12.5. The lowest BCUT2D eigenvalue weighted by molar-refractivity contribution is -0.146. The van der Waals surface area contributed by atoms with Gasteiger partial charge in [-0.15, -0.1) is 0 Å². The second-order valence-electron chi connectivity index (χ2n) is 8.33. The fourth-order valence-electron chi connectivity index (χ4n) is 5.68. The molecule has 1 saturated heterocycles. The monoisotopic (exact) mass is 361 g/mol. The summed E-state index contributed by atoms with van der Waals surface area (Å²) >= 11 is 0. The molecule has 1 N–H and O–H groups in total. The van der Waals surface area contributed by atoms with Gasteiger partial charge >= 0.3 is 0 Å². The van der Waals surface area contributed by atoms with E-state index in [1.807, 2.05) is 12.1 Å². The molecule has 0 aromatic heterocycles. The smallest absolute Gasteiger partial charge is 0.223 e. The lowest BCUT2D eigenvalue weighted by Crippen LogP contribution is -2.58. The van der Waals surface area contributed by atoms with Crippen molar-refractivity contribution in [2.75, 3.05) is 20.2 Å². The minimum Gasteiger partial charge on any atom is -0.389 e. The molecule has 26 heavy (non-hydrogen) atoms. The summed E-state index contributed by atoms with van der Waals surface area (Å²) < 4.78 is 19.2. The van der Waals surface area contributed by atoms with E-state index in [0.717, 1.165) is 31.2 Å². The van der Waals surface area contributed by atoms with Gasteiger partial charge < -0.3 is 14.7 Å². The molecule has 3 fully saturated rings. The van der Waals surface area contributed by atoms with Crippen LogP contribution in [-0.2, 0) is 14.9 Å². The van der Waals surface area contributed by atoms with Gasteiger partial charge in [0.1, 0.15) is 5.82 Å². The Kier molecular flexibility index (Phi) is 4.78. The third-order valence-electron chi connectivity index (χ3n) is 7.03. The van der Waals surface area contributed by atoms with Gasteiger partial charge in [-0.3, -0.25) is 4.79 Å². The van der Waals surface area contributed by atoms with E-state index in [4.69, 9.17) is 4.74 Å². The number of fused-ring (bicyclic) bond motifs is 2. The van der Waals surface area contributed by atoms with Crippen LogP contribution >= 0.6 is 0 Å². The van der Waals surface area contributed by atoms with Crippen molar-refractivity contribution in [3.05, 3.63) is 35.6 Å². The molecule has 2 saturated carbocycles. The summed E-state index contributed by atoms with van der Waals surface area (Å²) in [6, 6.07) is 6.80. The molecule has 1 aromatic carbocycles. The van der Waals surface area contributed by atoms with Crippen LogP contribution in [0.5, 0.6) is 0 Å². The Bertz CT molecular complexity index is 642. The number of ether oxygens (including phenoxy) is 1. The number of halogens is 1. The van der Waals surface area contributed by atoms with Crippen molar-refractivity contribution in [1.82, 2.24) is 4.90 Å². The molecule has 2 bridgehead atoms. The highest BCUT2D eigenvalue weighted by atomic mass is 19.1. The number of methoxy groups -OCH3 is 1. The number of nitrogens with zero attached hydrogens (tertiary/aromatic N) is 1. The summed E-state index contributed by atoms with van der Waals surface area (Å²) in [6.07, 6.45) is 5.60. The topological polar surface area (TPSA) is 49.8 Å². The number of hydrogen-bond donors (Lipinski definition) is 1. The minimum absolute atomic E-state index is 0.118. The van der Waals surface area contributed by atoms with E-state index in [1.165, 1.54) is 18.6 Å². The van der Waals surface area contributed by atoms with Gasteiger partial charge in [0, 0.05) is 32.0 Å². The van der Waals surface area contributed by atoms with Crippen LogP contribution < -0.4 is 0 Å². The maximum atomic E-state index is 13.6. The molecule has 5 heteroatoms. The van der Waals surface area contributed by atoms with Gasteiger partial charge in [0.2, 0.25) is 5.91 Å². The number of carbonyl (C=O) groups excluding carboxylic acids is 1. The number of β-amino-alcohol motifs (C(OH)–C–C–N with tert-alkyl or cyclic N) is 1. The third-order valence-corrected chi connectivity index (χ3v) is 7.03. The largest absolute Gasteiger partial charge is 0.389 e. The molecule has 1 amide bonds. The summed E-state index contributed by atoms with van der Waals surface area (Å²) in [7, 11) is 1.78. The average Bonchev–Trinajstić information content (AvgIpc) is 2.59.